The zero-order valence-electron chi connectivity index (χ0n) is 23.4. The Morgan fingerprint density at radius 1 is 0.732 bits per heavy atom. The Labute approximate surface area is 242 Å². The second kappa shape index (κ2) is 13.7. The molecule has 41 heavy (non-hydrogen) atoms. The maximum Gasteiger partial charge on any atom is 0.269 e. The molecule has 0 bridgehead atoms. The number of rotatable bonds is 2. The smallest absolute Gasteiger partial charge is 0.269 e. The lowest BCUT2D eigenvalue weighted by Gasteiger charge is -2.07. The molecule has 0 atom stereocenters. The van der Waals surface area contributed by atoms with Crippen molar-refractivity contribution in [2.45, 2.75) is 46.9 Å². The van der Waals surface area contributed by atoms with Crippen LogP contribution in [0.5, 0.6) is 0 Å². The lowest BCUT2D eigenvalue weighted by atomic mass is 10.2. The van der Waals surface area contributed by atoms with Crippen LogP contribution in [-0.2, 0) is 10.0 Å². The predicted octanol–water partition coefficient (Wildman–Crippen LogP) is 6.84. The Hall–Kier alpha value is -4.54. The highest BCUT2D eigenvalue weighted by Gasteiger charge is 2.19. The summed E-state index contributed by atoms with van der Waals surface area (Å²) in [5.41, 5.74) is 12.3. The first kappa shape index (κ1) is 32.7. The Balaban J connectivity index is 0.000000236. The number of nitrogens with two attached hydrogens (primary N) is 1. The molecular formula is C31H39N7O2S. The van der Waals surface area contributed by atoms with Gasteiger partial charge in [0.2, 0.25) is 0 Å². The number of aromatic nitrogens is 5. The molecule has 0 fully saturated rings. The van der Waals surface area contributed by atoms with E-state index in [1.165, 1.54) is 14.9 Å². The van der Waals surface area contributed by atoms with Crippen LogP contribution in [0.1, 0.15) is 35.2 Å². The molecule has 10 heteroatoms. The first-order valence-corrected chi connectivity index (χ1v) is 13.8. The number of hydrogen-bond donors (Lipinski definition) is 3. The first-order valence-electron chi connectivity index (χ1n) is 12.4. The summed E-state index contributed by atoms with van der Waals surface area (Å²) in [4.78, 5) is 15.7. The zero-order valence-corrected chi connectivity index (χ0v) is 24.2. The van der Waals surface area contributed by atoms with Crippen LogP contribution in [0.3, 0.4) is 0 Å². The third-order valence-corrected chi connectivity index (χ3v) is 7.68. The Bertz CT molecular complexity index is 1840. The molecule has 0 aliphatic rings. The molecule has 0 aliphatic heterocycles. The van der Waals surface area contributed by atoms with Crippen LogP contribution in [-0.4, -0.2) is 32.3 Å². The number of fused-ring (bicyclic) bond motifs is 2. The molecule has 0 saturated heterocycles. The van der Waals surface area contributed by atoms with Gasteiger partial charge < -0.3 is 16.9 Å². The van der Waals surface area contributed by atoms with E-state index in [1.807, 2.05) is 65.2 Å². The molecule has 6 rings (SSSR count). The van der Waals surface area contributed by atoms with E-state index in [4.69, 9.17) is 5.73 Å². The number of nitrogen functional groups attached to an aromatic ring is 1. The minimum Gasteiger partial charge on any atom is -0.383 e. The predicted molar refractivity (Wildman–Crippen MR) is 169 cm³/mol. The van der Waals surface area contributed by atoms with Crippen LogP contribution >= 0.6 is 0 Å². The topological polar surface area (TPSA) is 155 Å². The lowest BCUT2D eigenvalue weighted by molar-refractivity contribution is 0.588. The van der Waals surface area contributed by atoms with Crippen molar-refractivity contribution in [3.05, 3.63) is 113 Å². The summed E-state index contributed by atoms with van der Waals surface area (Å²) in [6.07, 6.45) is 8.74. The van der Waals surface area contributed by atoms with Gasteiger partial charge in [-0.15, -0.1) is 0 Å². The minimum atomic E-state index is -3.60. The zero-order chi connectivity index (χ0) is 28.2. The molecule has 1 aromatic carbocycles. The molecule has 0 unspecified atom stereocenters. The molecule has 0 spiro atoms. The molecule has 6 aromatic rings. The van der Waals surface area contributed by atoms with Gasteiger partial charge in [-0.3, -0.25) is 0 Å². The fourth-order valence-corrected chi connectivity index (χ4v) is 5.21. The van der Waals surface area contributed by atoms with Gasteiger partial charge in [-0.05, 0) is 93.3 Å². The van der Waals surface area contributed by atoms with Crippen molar-refractivity contribution >= 4 is 37.9 Å². The summed E-state index contributed by atoms with van der Waals surface area (Å²) in [5.74, 6) is 0.626. The van der Waals surface area contributed by atoms with Crippen molar-refractivity contribution in [2.24, 2.45) is 0 Å². The average Bonchev–Trinajstić information content (AvgIpc) is 3.54. The molecular weight excluding hydrogens is 534 g/mol. The Morgan fingerprint density at radius 2 is 1.32 bits per heavy atom. The van der Waals surface area contributed by atoms with Crippen LogP contribution in [0.4, 0.5) is 5.82 Å². The van der Waals surface area contributed by atoms with E-state index >= 15 is 0 Å². The normalized spacial score (nSPS) is 10.5. The molecule has 0 radical (unpaired) electrons. The van der Waals surface area contributed by atoms with Gasteiger partial charge in [0.05, 0.1) is 4.90 Å². The van der Waals surface area contributed by atoms with Crippen molar-refractivity contribution in [3.63, 3.8) is 0 Å². The highest BCUT2D eigenvalue weighted by molar-refractivity contribution is 7.90. The number of nitrogens with one attached hydrogen (secondary N) is 1. The number of aryl methyl sites for hydroxylation is 5. The van der Waals surface area contributed by atoms with Crippen LogP contribution in [0.15, 0.2) is 90.5 Å². The summed E-state index contributed by atoms with van der Waals surface area (Å²) in [5, 5.41) is 2.00. The third kappa shape index (κ3) is 7.77. The lowest BCUT2D eigenvalue weighted by Crippen LogP contribution is -2.12. The minimum absolute atomic E-state index is 0. The van der Waals surface area contributed by atoms with Gasteiger partial charge in [-0.1, -0.05) is 31.2 Å². The van der Waals surface area contributed by atoms with Gasteiger partial charge in [-0.25, -0.2) is 27.3 Å². The summed E-state index contributed by atoms with van der Waals surface area (Å²) in [6, 6.07) is 16.6. The van der Waals surface area contributed by atoms with Crippen molar-refractivity contribution < 1.29 is 8.42 Å². The maximum absolute atomic E-state index is 12.6. The summed E-state index contributed by atoms with van der Waals surface area (Å²) in [7, 11) is -3.60. The summed E-state index contributed by atoms with van der Waals surface area (Å²) >= 11 is 0. The molecule has 216 valence electrons. The van der Waals surface area contributed by atoms with Crippen molar-refractivity contribution in [3.8, 4) is 0 Å². The number of H-pyrrole nitrogens is 1. The van der Waals surface area contributed by atoms with Crippen molar-refractivity contribution in [1.29, 1.82) is 0 Å². The van der Waals surface area contributed by atoms with Crippen LogP contribution in [0, 0.1) is 34.6 Å². The standard InChI is InChI=1S/C15H14N2O2S.C8H8N2.C7H10N2.CH4.H3N/c1-11-3-5-14(6-4-11)20(18,19)17-8-7-13-9-12(2)10-16-15(13)17;1-6-4-7-2-3-9-8(7)10-5-6;1-5-3-6(2)7(8)9-4-5;;/h3-10H,1-2H3;2-5H,1H3,(H,9,10);3-4H,1-2H3,(H2,8,9);1H4;1H3. The Kier molecular flexibility index (Phi) is 10.9. The SMILES string of the molecule is C.Cc1ccc(S(=O)(=O)n2ccc3cc(C)cnc32)cc1.Cc1cnc(N)c(C)c1.Cc1cnc2[nH]ccc2c1.N. The van der Waals surface area contributed by atoms with Gasteiger partial charge in [0.1, 0.15) is 11.5 Å². The van der Waals surface area contributed by atoms with E-state index in [0.29, 0.717) is 11.5 Å². The third-order valence-electron chi connectivity index (χ3n) is 6.00. The van der Waals surface area contributed by atoms with E-state index < -0.39 is 10.0 Å². The summed E-state index contributed by atoms with van der Waals surface area (Å²) < 4.78 is 26.5. The van der Waals surface area contributed by atoms with Gasteiger partial charge in [0, 0.05) is 41.8 Å². The number of anilines is 1. The maximum atomic E-state index is 12.6. The van der Waals surface area contributed by atoms with Gasteiger partial charge >= 0.3 is 0 Å². The van der Waals surface area contributed by atoms with E-state index in [0.717, 1.165) is 33.3 Å². The molecule has 0 saturated carbocycles. The Morgan fingerprint density at radius 3 is 1.95 bits per heavy atom. The fourth-order valence-electron chi connectivity index (χ4n) is 3.90. The largest absolute Gasteiger partial charge is 0.383 e. The molecule has 9 nitrogen and oxygen atoms in total. The highest BCUT2D eigenvalue weighted by atomic mass is 32.2. The molecule has 0 amide bonds. The van der Waals surface area contributed by atoms with E-state index in [9.17, 15) is 8.42 Å². The van der Waals surface area contributed by atoms with Gasteiger partial charge in [0.25, 0.3) is 10.0 Å². The van der Waals surface area contributed by atoms with Crippen LogP contribution in [0.25, 0.3) is 22.1 Å². The van der Waals surface area contributed by atoms with Crippen molar-refractivity contribution in [2.75, 3.05) is 5.73 Å². The van der Waals surface area contributed by atoms with Crippen LogP contribution in [0.2, 0.25) is 0 Å². The van der Waals surface area contributed by atoms with Gasteiger partial charge in [0.15, 0.2) is 5.65 Å². The molecule has 5 heterocycles. The fraction of sp³-hybridized carbons (Fsp3) is 0.194. The van der Waals surface area contributed by atoms with E-state index in [2.05, 4.69) is 26.0 Å². The monoisotopic (exact) mass is 573 g/mol. The molecule has 0 aliphatic carbocycles. The quantitative estimate of drug-likeness (QED) is 0.205. The van der Waals surface area contributed by atoms with E-state index in [-0.39, 0.29) is 18.5 Å². The highest BCUT2D eigenvalue weighted by Crippen LogP contribution is 2.21. The van der Waals surface area contributed by atoms with Gasteiger partial charge in [-0.2, -0.15) is 0 Å². The van der Waals surface area contributed by atoms with E-state index in [1.54, 1.807) is 48.9 Å². The molecule has 5 aromatic heterocycles. The van der Waals surface area contributed by atoms with Crippen LogP contribution < -0.4 is 11.9 Å². The number of benzene rings is 1. The number of nitrogens with zero attached hydrogens (tertiary/aromatic N) is 4. The average molecular weight is 574 g/mol. The second-order valence-electron chi connectivity index (χ2n) is 9.50. The molecule has 6 N–H and O–H groups in total. The first-order chi connectivity index (χ1) is 18.5. The number of aromatic amines is 1. The second-order valence-corrected chi connectivity index (χ2v) is 11.3. The summed E-state index contributed by atoms with van der Waals surface area (Å²) in [6.45, 7) is 9.85. The number of pyridine rings is 3. The number of hydrogen-bond acceptors (Lipinski definition) is 7. The van der Waals surface area contributed by atoms with Crippen molar-refractivity contribution in [1.82, 2.24) is 30.1 Å².